The van der Waals surface area contributed by atoms with Crippen molar-refractivity contribution < 1.29 is 14.3 Å². The summed E-state index contributed by atoms with van der Waals surface area (Å²) in [5.74, 6) is 2.91. The van der Waals surface area contributed by atoms with Crippen LogP contribution in [0.5, 0.6) is 11.5 Å². The zero-order valence-electron chi connectivity index (χ0n) is 13.1. The molecule has 0 aliphatic carbocycles. The van der Waals surface area contributed by atoms with Gasteiger partial charge >= 0.3 is 0 Å². The van der Waals surface area contributed by atoms with Crippen molar-refractivity contribution in [1.29, 1.82) is 0 Å². The Morgan fingerprint density at radius 3 is 2.70 bits per heavy atom. The normalized spacial score (nSPS) is 22.6. The van der Waals surface area contributed by atoms with E-state index in [2.05, 4.69) is 10.2 Å². The van der Waals surface area contributed by atoms with Gasteiger partial charge in [-0.25, -0.2) is 0 Å². The van der Waals surface area contributed by atoms with E-state index in [4.69, 9.17) is 9.47 Å². The topological polar surface area (TPSA) is 69.5 Å². The number of hydrogen-bond acceptors (Lipinski definition) is 5. The number of fused-ring (bicyclic) bond motifs is 2. The summed E-state index contributed by atoms with van der Waals surface area (Å²) in [5.41, 5.74) is 0. The summed E-state index contributed by atoms with van der Waals surface area (Å²) in [6.45, 7) is 5.56. The molecule has 7 heteroatoms. The average molecular weight is 314 g/mol. The first kappa shape index (κ1) is 14.0. The van der Waals surface area contributed by atoms with E-state index in [0.29, 0.717) is 31.1 Å². The Bertz CT molecular complexity index is 758. The number of hydrogen-bond donors (Lipinski definition) is 0. The lowest BCUT2D eigenvalue weighted by molar-refractivity contribution is -0.146. The molecule has 2 aliphatic rings. The maximum atomic E-state index is 12.9. The second kappa shape index (κ2) is 5.26. The second-order valence-electron chi connectivity index (χ2n) is 5.88. The predicted molar refractivity (Wildman–Crippen MR) is 81.1 cm³/mol. The molecular formula is C16H18N4O3. The molecule has 2 atom stereocenters. The Labute approximate surface area is 133 Å². The van der Waals surface area contributed by atoms with Gasteiger partial charge in [-0.2, -0.15) is 0 Å². The summed E-state index contributed by atoms with van der Waals surface area (Å²) in [6, 6.07) is 7.42. The van der Waals surface area contributed by atoms with E-state index >= 15 is 0 Å². The van der Waals surface area contributed by atoms with Crippen LogP contribution in [0.3, 0.4) is 0 Å². The van der Waals surface area contributed by atoms with Crippen LogP contribution in [0, 0.1) is 6.92 Å². The molecule has 120 valence electrons. The van der Waals surface area contributed by atoms with E-state index in [-0.39, 0.29) is 12.0 Å². The lowest BCUT2D eigenvalue weighted by atomic mass is 10.1. The number of aromatic nitrogens is 3. The van der Waals surface area contributed by atoms with Crippen molar-refractivity contribution in [3.8, 4) is 11.5 Å². The third-order valence-electron chi connectivity index (χ3n) is 4.34. The third kappa shape index (κ3) is 2.32. The lowest BCUT2D eigenvalue weighted by Crippen LogP contribution is -2.52. The Morgan fingerprint density at radius 1 is 1.17 bits per heavy atom. The van der Waals surface area contributed by atoms with Crippen LogP contribution in [0.1, 0.15) is 18.6 Å². The van der Waals surface area contributed by atoms with Gasteiger partial charge in [0, 0.05) is 13.1 Å². The Hall–Kier alpha value is -2.57. The van der Waals surface area contributed by atoms with Crippen LogP contribution in [0.2, 0.25) is 0 Å². The van der Waals surface area contributed by atoms with Crippen LogP contribution in [0.15, 0.2) is 24.3 Å². The summed E-state index contributed by atoms with van der Waals surface area (Å²) >= 11 is 0. The molecule has 0 spiro atoms. The minimum Gasteiger partial charge on any atom is -0.482 e. The lowest BCUT2D eigenvalue weighted by Gasteiger charge is -2.35. The van der Waals surface area contributed by atoms with Crippen molar-refractivity contribution >= 4 is 5.91 Å². The van der Waals surface area contributed by atoms with Crippen molar-refractivity contribution in [3.63, 3.8) is 0 Å². The maximum Gasteiger partial charge on any atom is 0.268 e. The third-order valence-corrected chi connectivity index (χ3v) is 4.34. The predicted octanol–water partition coefficient (Wildman–Crippen LogP) is 1.16. The van der Waals surface area contributed by atoms with Crippen LogP contribution in [0.4, 0.5) is 0 Å². The highest BCUT2D eigenvalue weighted by Crippen LogP contribution is 2.34. The maximum absolute atomic E-state index is 12.9. The molecule has 1 amide bonds. The van der Waals surface area contributed by atoms with Gasteiger partial charge in [0.1, 0.15) is 11.9 Å². The fourth-order valence-corrected chi connectivity index (χ4v) is 3.06. The smallest absolute Gasteiger partial charge is 0.268 e. The van der Waals surface area contributed by atoms with Gasteiger partial charge in [-0.15, -0.1) is 10.2 Å². The zero-order valence-corrected chi connectivity index (χ0v) is 13.1. The van der Waals surface area contributed by atoms with Gasteiger partial charge in [0.05, 0.1) is 6.54 Å². The molecule has 0 saturated heterocycles. The number of aryl methyl sites for hydroxylation is 1. The minimum absolute atomic E-state index is 0.0705. The molecule has 4 rings (SSSR count). The fourth-order valence-electron chi connectivity index (χ4n) is 3.06. The van der Waals surface area contributed by atoms with E-state index in [1.165, 1.54) is 0 Å². The second-order valence-corrected chi connectivity index (χ2v) is 5.88. The molecule has 1 aromatic heterocycles. The van der Waals surface area contributed by atoms with Gasteiger partial charge < -0.3 is 18.9 Å². The van der Waals surface area contributed by atoms with Crippen molar-refractivity contribution in [2.75, 3.05) is 6.54 Å². The fraction of sp³-hybridized carbons (Fsp3) is 0.438. The van der Waals surface area contributed by atoms with Crippen molar-refractivity contribution in [3.05, 3.63) is 35.9 Å². The summed E-state index contributed by atoms with van der Waals surface area (Å²) < 4.78 is 13.8. The monoisotopic (exact) mass is 314 g/mol. The first-order valence-electron chi connectivity index (χ1n) is 7.73. The van der Waals surface area contributed by atoms with E-state index in [1.54, 1.807) is 4.90 Å². The summed E-state index contributed by atoms with van der Waals surface area (Å²) in [5, 5.41) is 8.20. The molecule has 0 bridgehead atoms. The van der Waals surface area contributed by atoms with E-state index < -0.39 is 6.10 Å². The summed E-state index contributed by atoms with van der Waals surface area (Å²) in [4.78, 5) is 14.6. The average Bonchev–Trinajstić information content (AvgIpc) is 2.94. The highest BCUT2D eigenvalue weighted by Gasteiger charge is 2.38. The molecule has 0 fully saturated rings. The molecule has 7 nitrogen and oxygen atoms in total. The van der Waals surface area contributed by atoms with E-state index in [9.17, 15) is 4.79 Å². The summed E-state index contributed by atoms with van der Waals surface area (Å²) in [6.07, 6.45) is -0.973. The van der Waals surface area contributed by atoms with E-state index in [1.807, 2.05) is 42.7 Å². The SMILES string of the molecule is Cc1nnc2n1CCN(C(=O)[C@H]1Oc3ccccc3O[C@H]1C)C2. The first-order chi connectivity index (χ1) is 11.1. The molecule has 2 aliphatic heterocycles. The molecule has 3 heterocycles. The van der Waals surface area contributed by atoms with Crippen LogP contribution in [-0.4, -0.2) is 44.3 Å². The largest absolute Gasteiger partial charge is 0.482 e. The molecule has 0 saturated carbocycles. The molecule has 0 radical (unpaired) electrons. The van der Waals surface area contributed by atoms with Crippen LogP contribution >= 0.6 is 0 Å². The van der Waals surface area contributed by atoms with Crippen molar-refractivity contribution in [2.24, 2.45) is 0 Å². The van der Waals surface area contributed by atoms with Crippen LogP contribution in [0.25, 0.3) is 0 Å². The Morgan fingerprint density at radius 2 is 1.91 bits per heavy atom. The molecular weight excluding hydrogens is 296 g/mol. The van der Waals surface area contributed by atoms with Crippen LogP contribution in [-0.2, 0) is 17.9 Å². The highest BCUT2D eigenvalue weighted by molar-refractivity contribution is 5.82. The quantitative estimate of drug-likeness (QED) is 0.790. The number of benzene rings is 1. The molecule has 23 heavy (non-hydrogen) atoms. The molecule has 2 aromatic rings. The number of carbonyl (C=O) groups is 1. The van der Waals surface area contributed by atoms with Crippen molar-refractivity contribution in [1.82, 2.24) is 19.7 Å². The number of carbonyl (C=O) groups excluding carboxylic acids is 1. The van der Waals surface area contributed by atoms with Gasteiger partial charge in [0.25, 0.3) is 5.91 Å². The van der Waals surface area contributed by atoms with Gasteiger partial charge in [-0.05, 0) is 26.0 Å². The van der Waals surface area contributed by atoms with Crippen molar-refractivity contribution in [2.45, 2.75) is 39.1 Å². The number of rotatable bonds is 1. The van der Waals surface area contributed by atoms with Gasteiger partial charge in [0.15, 0.2) is 17.3 Å². The highest BCUT2D eigenvalue weighted by atomic mass is 16.6. The van der Waals surface area contributed by atoms with Gasteiger partial charge in [0.2, 0.25) is 6.10 Å². The van der Waals surface area contributed by atoms with Crippen LogP contribution < -0.4 is 9.47 Å². The number of amides is 1. The van der Waals surface area contributed by atoms with E-state index in [0.717, 1.165) is 11.6 Å². The molecule has 1 aromatic carbocycles. The number of para-hydroxylation sites is 2. The zero-order chi connectivity index (χ0) is 16.0. The minimum atomic E-state index is -0.638. The summed E-state index contributed by atoms with van der Waals surface area (Å²) in [7, 11) is 0. The Kier molecular flexibility index (Phi) is 3.21. The Balaban J connectivity index is 1.54. The first-order valence-corrected chi connectivity index (χ1v) is 7.73. The standard InChI is InChI=1S/C16H18N4O3/c1-10-15(23-13-6-4-3-5-12(13)22-10)16(21)19-7-8-20-11(2)17-18-14(20)9-19/h3-6,10,15H,7-9H2,1-2H3/t10-,15-/m0/s1. The number of nitrogens with zero attached hydrogens (tertiary/aromatic N) is 4. The van der Waals surface area contributed by atoms with Gasteiger partial charge in [-0.3, -0.25) is 4.79 Å². The molecule has 0 unspecified atom stereocenters. The number of ether oxygens (including phenoxy) is 2. The van der Waals surface area contributed by atoms with Gasteiger partial charge in [-0.1, -0.05) is 12.1 Å². The molecule has 0 N–H and O–H groups in total.